The number of hydrogen-bond donors (Lipinski definition) is 0. The van der Waals surface area contributed by atoms with Gasteiger partial charge in [-0.1, -0.05) is 115 Å². The first kappa shape index (κ1) is 27.6. The SMILES string of the molecule is c1ccc(-c2nc(-c3ccccc3)nc(-c3ccc(-n4c5ccc6cccc7c6c5c5c6c(ccc8c9ccccc9n7c86)ccc54)nc3)n2)cc1. The minimum Gasteiger partial charge on any atom is -0.308 e. The summed E-state index contributed by atoms with van der Waals surface area (Å²) in [4.78, 5) is 19.9. The van der Waals surface area contributed by atoms with E-state index < -0.39 is 0 Å². The van der Waals surface area contributed by atoms with Gasteiger partial charge < -0.3 is 4.40 Å². The third-order valence-electron chi connectivity index (χ3n) is 10.7. The average molecular weight is 663 g/mol. The maximum Gasteiger partial charge on any atom is 0.165 e. The van der Waals surface area contributed by atoms with Crippen molar-refractivity contribution in [2.45, 2.75) is 0 Å². The molecule has 52 heavy (non-hydrogen) atoms. The molecule has 0 amide bonds. The number of aromatic nitrogens is 6. The molecule has 0 aliphatic heterocycles. The second-order valence-corrected chi connectivity index (χ2v) is 13.5. The van der Waals surface area contributed by atoms with Crippen LogP contribution in [0.25, 0.3) is 111 Å². The Labute approximate surface area is 296 Å². The quantitative estimate of drug-likeness (QED) is 0.188. The third kappa shape index (κ3) is 3.67. The summed E-state index contributed by atoms with van der Waals surface area (Å²) in [5, 5.41) is 10.1. The highest BCUT2D eigenvalue weighted by Crippen LogP contribution is 2.47. The zero-order valence-corrected chi connectivity index (χ0v) is 27.7. The lowest BCUT2D eigenvalue weighted by Gasteiger charge is -2.11. The van der Waals surface area contributed by atoms with Crippen molar-refractivity contribution < 1.29 is 0 Å². The summed E-state index contributed by atoms with van der Waals surface area (Å²) in [6.07, 6.45) is 1.89. The molecular formula is C46H26N6. The van der Waals surface area contributed by atoms with Gasteiger partial charge >= 0.3 is 0 Å². The van der Waals surface area contributed by atoms with Crippen LogP contribution in [-0.4, -0.2) is 28.9 Å². The Morgan fingerprint density at radius 2 is 0.962 bits per heavy atom. The number of rotatable bonds is 4. The van der Waals surface area contributed by atoms with E-state index in [-0.39, 0.29) is 0 Å². The van der Waals surface area contributed by atoms with Crippen molar-refractivity contribution in [2.24, 2.45) is 0 Å². The highest BCUT2D eigenvalue weighted by Gasteiger charge is 2.24. The van der Waals surface area contributed by atoms with Crippen LogP contribution in [0, 0.1) is 0 Å². The second-order valence-electron chi connectivity index (χ2n) is 13.5. The van der Waals surface area contributed by atoms with Gasteiger partial charge in [-0.15, -0.1) is 0 Å². The molecule has 6 nitrogen and oxygen atoms in total. The summed E-state index contributed by atoms with van der Waals surface area (Å²) in [6, 6.07) is 53.4. The van der Waals surface area contributed by atoms with Crippen LogP contribution in [0.3, 0.4) is 0 Å². The standard InChI is InChI=1S/C46H26N6/c1-3-10-29(11-4-1)44-48-45(30-12-5-2-6-13-30)50-46(49-44)31-21-25-38(47-26-31)51-36-23-19-27-14-9-17-35-39(27)41(36)42-37(51)24-20-28-18-22-33-32-15-7-8-16-34(32)52(35)43(33)40(28)42/h1-26H. The van der Waals surface area contributed by atoms with E-state index in [0.717, 1.165) is 33.5 Å². The zero-order valence-electron chi connectivity index (χ0n) is 27.7. The molecule has 7 aromatic carbocycles. The smallest absolute Gasteiger partial charge is 0.165 e. The summed E-state index contributed by atoms with van der Waals surface area (Å²) in [5.41, 5.74) is 8.66. The lowest BCUT2D eigenvalue weighted by atomic mass is 9.98. The molecule has 0 aliphatic carbocycles. The number of para-hydroxylation sites is 1. The molecule has 0 bridgehead atoms. The maximum absolute atomic E-state index is 5.13. The van der Waals surface area contributed by atoms with Gasteiger partial charge in [-0.2, -0.15) is 0 Å². The van der Waals surface area contributed by atoms with E-state index in [4.69, 9.17) is 19.9 Å². The molecule has 0 aliphatic rings. The van der Waals surface area contributed by atoms with Crippen molar-refractivity contribution in [3.8, 4) is 40.0 Å². The van der Waals surface area contributed by atoms with Gasteiger partial charge in [-0.05, 0) is 47.2 Å². The lowest BCUT2D eigenvalue weighted by Crippen LogP contribution is -2.01. The molecule has 0 unspecified atom stereocenters. The number of pyridine rings is 1. The summed E-state index contributed by atoms with van der Waals surface area (Å²) < 4.78 is 4.81. The zero-order chi connectivity index (χ0) is 33.9. The van der Waals surface area contributed by atoms with Gasteiger partial charge in [0.1, 0.15) is 5.82 Å². The molecule has 0 fully saturated rings. The van der Waals surface area contributed by atoms with Crippen molar-refractivity contribution in [1.29, 1.82) is 0 Å². The molecule has 12 aromatic rings. The molecule has 0 radical (unpaired) electrons. The predicted octanol–water partition coefficient (Wildman–Crippen LogP) is 11.1. The van der Waals surface area contributed by atoms with Gasteiger partial charge in [0.25, 0.3) is 0 Å². The van der Waals surface area contributed by atoms with Crippen molar-refractivity contribution in [3.05, 3.63) is 158 Å². The number of nitrogens with zero attached hydrogens (tertiary/aromatic N) is 6. The van der Waals surface area contributed by atoms with E-state index in [2.05, 4.69) is 100.0 Å². The van der Waals surface area contributed by atoms with Crippen LogP contribution in [0.4, 0.5) is 0 Å². The normalized spacial score (nSPS) is 12.2. The summed E-state index contributed by atoms with van der Waals surface area (Å²) >= 11 is 0. The summed E-state index contributed by atoms with van der Waals surface area (Å²) in [5.74, 6) is 2.68. The van der Waals surface area contributed by atoms with Gasteiger partial charge in [-0.25, -0.2) is 19.9 Å². The van der Waals surface area contributed by atoms with E-state index in [1.807, 2.05) is 66.9 Å². The van der Waals surface area contributed by atoms with Gasteiger partial charge in [0.15, 0.2) is 17.5 Å². The molecule has 0 atom stereocenters. The number of hydrogen-bond acceptors (Lipinski definition) is 4. The maximum atomic E-state index is 5.13. The fourth-order valence-corrected chi connectivity index (χ4v) is 8.48. The highest BCUT2D eigenvalue weighted by molar-refractivity contribution is 6.37. The summed E-state index contributed by atoms with van der Waals surface area (Å²) in [6.45, 7) is 0. The fraction of sp³-hybridized carbons (Fsp3) is 0. The first-order chi connectivity index (χ1) is 25.8. The first-order valence-corrected chi connectivity index (χ1v) is 17.5. The minimum atomic E-state index is 0.584. The predicted molar refractivity (Wildman–Crippen MR) is 212 cm³/mol. The molecule has 0 saturated carbocycles. The Morgan fingerprint density at radius 1 is 0.365 bits per heavy atom. The van der Waals surface area contributed by atoms with Crippen molar-refractivity contribution >= 4 is 70.7 Å². The van der Waals surface area contributed by atoms with Gasteiger partial charge in [0.2, 0.25) is 0 Å². The largest absolute Gasteiger partial charge is 0.308 e. The monoisotopic (exact) mass is 662 g/mol. The van der Waals surface area contributed by atoms with Crippen LogP contribution in [0.2, 0.25) is 0 Å². The Bertz CT molecular complexity index is 3270. The van der Waals surface area contributed by atoms with Crippen molar-refractivity contribution in [1.82, 2.24) is 28.9 Å². The number of benzene rings is 7. The minimum absolute atomic E-state index is 0.584. The van der Waals surface area contributed by atoms with E-state index in [9.17, 15) is 0 Å². The van der Waals surface area contributed by atoms with Gasteiger partial charge in [-0.3, -0.25) is 4.57 Å². The topological polar surface area (TPSA) is 60.9 Å². The Hall–Kier alpha value is -7.18. The average Bonchev–Trinajstić information content (AvgIpc) is 3.70. The molecule has 240 valence electrons. The molecule has 5 heterocycles. The van der Waals surface area contributed by atoms with Crippen molar-refractivity contribution in [2.75, 3.05) is 0 Å². The summed E-state index contributed by atoms with van der Waals surface area (Å²) in [7, 11) is 0. The molecule has 0 N–H and O–H groups in total. The molecule has 5 aromatic heterocycles. The fourth-order valence-electron chi connectivity index (χ4n) is 8.48. The van der Waals surface area contributed by atoms with E-state index >= 15 is 0 Å². The van der Waals surface area contributed by atoms with Crippen LogP contribution >= 0.6 is 0 Å². The van der Waals surface area contributed by atoms with E-state index in [1.54, 1.807) is 0 Å². The third-order valence-corrected chi connectivity index (χ3v) is 10.7. The van der Waals surface area contributed by atoms with Crippen LogP contribution in [0.5, 0.6) is 0 Å². The molecular weight excluding hydrogens is 637 g/mol. The first-order valence-electron chi connectivity index (χ1n) is 17.5. The molecule has 0 saturated heterocycles. The van der Waals surface area contributed by atoms with Crippen LogP contribution in [0.1, 0.15) is 0 Å². The number of fused-ring (bicyclic) bond motifs is 4. The van der Waals surface area contributed by atoms with Crippen LogP contribution < -0.4 is 0 Å². The molecule has 12 rings (SSSR count). The van der Waals surface area contributed by atoms with Crippen LogP contribution in [-0.2, 0) is 0 Å². The van der Waals surface area contributed by atoms with E-state index in [0.29, 0.717) is 17.5 Å². The van der Waals surface area contributed by atoms with Gasteiger partial charge in [0, 0.05) is 55.2 Å². The van der Waals surface area contributed by atoms with Crippen LogP contribution in [0.15, 0.2) is 158 Å². The second kappa shape index (κ2) is 10.2. The Balaban J connectivity index is 1.12. The molecule has 0 spiro atoms. The molecule has 6 heteroatoms. The Morgan fingerprint density at radius 3 is 1.65 bits per heavy atom. The van der Waals surface area contributed by atoms with Gasteiger partial charge in [0.05, 0.1) is 27.6 Å². The van der Waals surface area contributed by atoms with E-state index in [1.165, 1.54) is 59.6 Å². The Kier molecular flexibility index (Phi) is 5.41. The van der Waals surface area contributed by atoms with Crippen molar-refractivity contribution in [3.63, 3.8) is 0 Å². The highest BCUT2D eigenvalue weighted by atomic mass is 15.1. The lowest BCUT2D eigenvalue weighted by molar-refractivity contribution is 1.05.